The molecular formula is C36H37F7N2O3. The van der Waals surface area contributed by atoms with Gasteiger partial charge in [-0.15, -0.1) is 0 Å². The van der Waals surface area contributed by atoms with Gasteiger partial charge < -0.3 is 10.1 Å². The number of allylic oxidation sites excluding steroid dienone is 1. The molecule has 0 amide bonds. The first-order valence-electron chi connectivity index (χ1n) is 15.5. The van der Waals surface area contributed by atoms with Crippen molar-refractivity contribution in [3.8, 4) is 11.1 Å². The predicted molar refractivity (Wildman–Crippen MR) is 168 cm³/mol. The number of ether oxygens (including phenoxy) is 1. The molecule has 0 unspecified atom stereocenters. The summed E-state index contributed by atoms with van der Waals surface area (Å²) >= 11 is 0. The average Bonchev–Trinajstić information content (AvgIpc) is 3.02. The molecule has 0 spiro atoms. The van der Waals surface area contributed by atoms with E-state index in [-0.39, 0.29) is 24.6 Å². The van der Waals surface area contributed by atoms with E-state index in [4.69, 9.17) is 4.74 Å². The van der Waals surface area contributed by atoms with Gasteiger partial charge in [0.2, 0.25) is 0 Å². The SMILES string of the molecule is CCOC(=O)C(C)=C1CCC(c2cc(-c3ccc(F)cc3C)c(NCC(=O)C(C)(C)c3cc(C(F)(F)F)cc(C(F)(F)F)c3)cn2)CC1. The van der Waals surface area contributed by atoms with Crippen LogP contribution in [-0.2, 0) is 32.1 Å². The summed E-state index contributed by atoms with van der Waals surface area (Å²) < 4.78 is 100. The van der Waals surface area contributed by atoms with Gasteiger partial charge in [-0.1, -0.05) is 11.6 Å². The van der Waals surface area contributed by atoms with E-state index in [1.807, 2.05) is 6.07 Å². The van der Waals surface area contributed by atoms with Gasteiger partial charge in [0.05, 0.1) is 41.6 Å². The fraction of sp³-hybridized carbons (Fsp3) is 0.417. The first kappa shape index (κ1) is 36.6. The molecule has 0 bridgehead atoms. The number of hydrogen-bond donors (Lipinski definition) is 1. The summed E-state index contributed by atoms with van der Waals surface area (Å²) in [5, 5.41) is 2.99. The van der Waals surface area contributed by atoms with Crippen LogP contribution >= 0.6 is 0 Å². The van der Waals surface area contributed by atoms with Crippen molar-refractivity contribution >= 4 is 17.4 Å². The topological polar surface area (TPSA) is 68.3 Å². The molecule has 48 heavy (non-hydrogen) atoms. The number of hydrogen-bond acceptors (Lipinski definition) is 5. The van der Waals surface area contributed by atoms with Gasteiger partial charge in [-0.25, -0.2) is 9.18 Å². The van der Waals surface area contributed by atoms with Crippen molar-refractivity contribution in [1.29, 1.82) is 0 Å². The van der Waals surface area contributed by atoms with Gasteiger partial charge in [0.15, 0.2) is 5.78 Å². The highest BCUT2D eigenvalue weighted by Crippen LogP contribution is 2.41. The van der Waals surface area contributed by atoms with E-state index in [2.05, 4.69) is 10.3 Å². The zero-order valence-corrected chi connectivity index (χ0v) is 27.3. The minimum Gasteiger partial charge on any atom is -0.463 e. The molecule has 1 heterocycles. The normalized spacial score (nSPS) is 15.7. The molecule has 1 aliphatic carbocycles. The predicted octanol–water partition coefficient (Wildman–Crippen LogP) is 9.73. The van der Waals surface area contributed by atoms with E-state index in [0.717, 1.165) is 24.1 Å². The standard InChI is InChI=1S/C36H37F7N2O3/c1-6-48-33(47)21(3)22-7-9-23(10-8-22)30-17-29(28-12-11-27(37)13-20(28)2)31(18-44-30)45-19-32(46)34(4,5)24-14-25(35(38,39)40)16-26(15-24)36(41,42)43/h11-18,23,45H,6-10,19H2,1-5H3. The number of benzene rings is 2. The van der Waals surface area contributed by atoms with Crippen molar-refractivity contribution in [3.05, 3.63) is 93.6 Å². The van der Waals surface area contributed by atoms with Crippen LogP contribution in [0.4, 0.5) is 36.4 Å². The number of carbonyl (C=O) groups is 2. The fourth-order valence-electron chi connectivity index (χ4n) is 5.88. The zero-order valence-electron chi connectivity index (χ0n) is 27.3. The zero-order chi connectivity index (χ0) is 35.6. The van der Waals surface area contributed by atoms with Crippen LogP contribution in [0, 0.1) is 12.7 Å². The molecule has 1 aromatic heterocycles. The van der Waals surface area contributed by atoms with Gasteiger partial charge in [0, 0.05) is 22.7 Å². The van der Waals surface area contributed by atoms with Crippen LogP contribution in [0.5, 0.6) is 0 Å². The Morgan fingerprint density at radius 3 is 2.02 bits per heavy atom. The lowest BCUT2D eigenvalue weighted by Gasteiger charge is -2.27. The van der Waals surface area contributed by atoms with E-state index in [0.29, 0.717) is 52.9 Å². The maximum atomic E-state index is 14.0. The molecule has 4 rings (SSSR count). The van der Waals surface area contributed by atoms with Gasteiger partial charge in [-0.05, 0) is 113 Å². The fourth-order valence-corrected chi connectivity index (χ4v) is 5.88. The molecule has 1 fully saturated rings. The summed E-state index contributed by atoms with van der Waals surface area (Å²) in [6.07, 6.45) is -5.80. The molecule has 0 atom stereocenters. The van der Waals surface area contributed by atoms with Crippen LogP contribution in [0.25, 0.3) is 11.1 Å². The second-order valence-electron chi connectivity index (χ2n) is 12.5. The molecule has 12 heteroatoms. The monoisotopic (exact) mass is 678 g/mol. The molecule has 0 aliphatic heterocycles. The molecule has 0 radical (unpaired) electrons. The number of halogens is 7. The number of aromatic nitrogens is 1. The second-order valence-corrected chi connectivity index (χ2v) is 12.5. The van der Waals surface area contributed by atoms with Crippen LogP contribution < -0.4 is 5.32 Å². The Hall–Kier alpha value is -4.22. The highest BCUT2D eigenvalue weighted by atomic mass is 19.4. The second kappa shape index (κ2) is 14.1. The van der Waals surface area contributed by atoms with Gasteiger partial charge in [-0.3, -0.25) is 9.78 Å². The molecule has 3 aromatic rings. The van der Waals surface area contributed by atoms with Crippen molar-refractivity contribution in [2.75, 3.05) is 18.5 Å². The van der Waals surface area contributed by atoms with Crippen LogP contribution in [0.3, 0.4) is 0 Å². The van der Waals surface area contributed by atoms with Crippen molar-refractivity contribution < 1.29 is 45.1 Å². The van der Waals surface area contributed by atoms with Gasteiger partial charge >= 0.3 is 18.3 Å². The number of pyridine rings is 1. The number of nitrogens with one attached hydrogen (secondary N) is 1. The van der Waals surface area contributed by atoms with Gasteiger partial charge in [0.25, 0.3) is 0 Å². The average molecular weight is 679 g/mol. The maximum Gasteiger partial charge on any atom is 0.416 e. The Morgan fingerprint density at radius 2 is 1.48 bits per heavy atom. The van der Waals surface area contributed by atoms with Crippen molar-refractivity contribution in [2.45, 2.75) is 84.0 Å². The number of ketones is 1. The summed E-state index contributed by atoms with van der Waals surface area (Å²) in [6.45, 7) is 7.62. The van der Waals surface area contributed by atoms with E-state index in [1.54, 1.807) is 26.8 Å². The maximum absolute atomic E-state index is 14.0. The van der Waals surface area contributed by atoms with Gasteiger partial charge in [-0.2, -0.15) is 26.3 Å². The lowest BCUT2D eigenvalue weighted by Crippen LogP contribution is -2.35. The van der Waals surface area contributed by atoms with E-state index in [9.17, 15) is 40.3 Å². The Bertz CT molecular complexity index is 1680. The quantitative estimate of drug-likeness (QED) is 0.139. The first-order chi connectivity index (χ1) is 22.3. The molecule has 258 valence electrons. The first-order valence-corrected chi connectivity index (χ1v) is 15.5. The molecule has 1 N–H and O–H groups in total. The minimum absolute atomic E-state index is 0.0256. The van der Waals surface area contributed by atoms with Crippen LogP contribution in [0.2, 0.25) is 0 Å². The number of alkyl halides is 6. The molecule has 1 saturated carbocycles. The van der Waals surface area contributed by atoms with E-state index in [1.165, 1.54) is 32.2 Å². The lowest BCUT2D eigenvalue weighted by molar-refractivity contribution is -0.143. The van der Waals surface area contributed by atoms with Gasteiger partial charge in [0.1, 0.15) is 5.82 Å². The third kappa shape index (κ3) is 8.25. The van der Waals surface area contributed by atoms with Crippen molar-refractivity contribution in [1.82, 2.24) is 4.98 Å². The lowest BCUT2D eigenvalue weighted by atomic mass is 9.79. The summed E-state index contributed by atoms with van der Waals surface area (Å²) in [7, 11) is 0. The molecule has 1 aliphatic rings. The minimum atomic E-state index is -5.06. The van der Waals surface area contributed by atoms with Crippen LogP contribution in [0.1, 0.15) is 87.2 Å². The number of Topliss-reactive ketones (excluding diaryl/α,β-unsaturated/α-hetero) is 1. The third-order valence-electron chi connectivity index (χ3n) is 8.97. The number of nitrogens with zero attached hydrogens (tertiary/aromatic N) is 1. The number of anilines is 1. The Balaban J connectivity index is 1.63. The third-order valence-corrected chi connectivity index (χ3v) is 8.97. The molecule has 0 saturated heterocycles. The molecule has 2 aromatic carbocycles. The molecular weight excluding hydrogens is 641 g/mol. The highest BCUT2D eigenvalue weighted by molar-refractivity contribution is 5.94. The summed E-state index contributed by atoms with van der Waals surface area (Å²) in [5.41, 5.74) is -0.542. The number of rotatable bonds is 9. The Labute approximate surface area is 274 Å². The summed E-state index contributed by atoms with van der Waals surface area (Å²) in [4.78, 5) is 30.3. The Kier molecular flexibility index (Phi) is 10.8. The van der Waals surface area contributed by atoms with Crippen LogP contribution in [-0.4, -0.2) is 29.9 Å². The highest BCUT2D eigenvalue weighted by Gasteiger charge is 2.40. The summed E-state index contributed by atoms with van der Waals surface area (Å²) in [5.74, 6) is -1.40. The number of aryl methyl sites for hydroxylation is 1. The largest absolute Gasteiger partial charge is 0.463 e. The van der Waals surface area contributed by atoms with Crippen molar-refractivity contribution in [2.24, 2.45) is 0 Å². The van der Waals surface area contributed by atoms with Crippen LogP contribution in [0.15, 0.2) is 59.8 Å². The Morgan fingerprint density at radius 1 is 0.896 bits per heavy atom. The smallest absolute Gasteiger partial charge is 0.416 e. The van der Waals surface area contributed by atoms with E-state index >= 15 is 0 Å². The summed E-state index contributed by atoms with van der Waals surface area (Å²) in [6, 6.07) is 7.24. The van der Waals surface area contributed by atoms with Crippen molar-refractivity contribution in [3.63, 3.8) is 0 Å². The number of carbonyl (C=O) groups excluding carboxylic acids is 2. The van der Waals surface area contributed by atoms with E-state index < -0.39 is 52.6 Å². The molecule has 5 nitrogen and oxygen atoms in total. The number of esters is 1.